The zero-order valence-corrected chi connectivity index (χ0v) is 15.7. The lowest BCUT2D eigenvalue weighted by Crippen LogP contribution is -2.46. The molecule has 1 aromatic carbocycles. The lowest BCUT2D eigenvalue weighted by atomic mass is 10.2. The molecule has 8 heteroatoms. The Labute approximate surface area is 159 Å². The van der Waals surface area contributed by atoms with Gasteiger partial charge < -0.3 is 9.80 Å². The van der Waals surface area contributed by atoms with Gasteiger partial charge in [0.25, 0.3) is 0 Å². The van der Waals surface area contributed by atoms with Crippen molar-refractivity contribution in [3.63, 3.8) is 0 Å². The van der Waals surface area contributed by atoms with E-state index in [2.05, 4.69) is 25.0 Å². The number of aromatic nitrogens is 3. The molecule has 0 N–H and O–H groups in total. The van der Waals surface area contributed by atoms with Crippen molar-refractivity contribution in [2.45, 2.75) is 10.1 Å². The van der Waals surface area contributed by atoms with Crippen molar-refractivity contribution >= 4 is 33.9 Å². The number of halogens is 1. The molecular formula is C18H18FN5S2. The molecule has 3 aromatic rings. The SMILES string of the molecule is Fc1ccc(N2CCN(c3nnc(SCc4ccccn4)s3)CC2)cc1. The van der Waals surface area contributed by atoms with E-state index in [0.29, 0.717) is 0 Å². The van der Waals surface area contributed by atoms with Crippen molar-refractivity contribution in [1.82, 2.24) is 15.2 Å². The van der Waals surface area contributed by atoms with Gasteiger partial charge in [-0.05, 0) is 36.4 Å². The van der Waals surface area contributed by atoms with Gasteiger partial charge in [0.05, 0.1) is 5.69 Å². The first-order valence-electron chi connectivity index (χ1n) is 8.39. The van der Waals surface area contributed by atoms with Gasteiger partial charge >= 0.3 is 0 Å². The summed E-state index contributed by atoms with van der Waals surface area (Å²) in [5.41, 5.74) is 2.11. The lowest BCUT2D eigenvalue weighted by Gasteiger charge is -2.35. The fourth-order valence-corrected chi connectivity index (χ4v) is 4.62. The van der Waals surface area contributed by atoms with Crippen LogP contribution in [0.1, 0.15) is 5.69 Å². The molecule has 1 saturated heterocycles. The topological polar surface area (TPSA) is 45.2 Å². The summed E-state index contributed by atoms with van der Waals surface area (Å²) in [6.45, 7) is 3.55. The van der Waals surface area contributed by atoms with E-state index in [4.69, 9.17) is 0 Å². The molecule has 4 rings (SSSR count). The number of nitrogens with zero attached hydrogens (tertiary/aromatic N) is 5. The Kier molecular flexibility index (Phi) is 5.31. The fraction of sp³-hybridized carbons (Fsp3) is 0.278. The number of hydrogen-bond acceptors (Lipinski definition) is 7. The van der Waals surface area contributed by atoms with Gasteiger partial charge in [0.15, 0.2) is 4.34 Å². The van der Waals surface area contributed by atoms with Crippen molar-refractivity contribution < 1.29 is 4.39 Å². The highest BCUT2D eigenvalue weighted by atomic mass is 32.2. The molecular weight excluding hydrogens is 369 g/mol. The Morgan fingerprint density at radius 2 is 1.73 bits per heavy atom. The van der Waals surface area contributed by atoms with Crippen LogP contribution in [0, 0.1) is 5.82 Å². The third-order valence-electron chi connectivity index (χ3n) is 4.21. The van der Waals surface area contributed by atoms with E-state index in [1.807, 2.05) is 36.5 Å². The average molecular weight is 388 g/mol. The van der Waals surface area contributed by atoms with Gasteiger partial charge in [0.1, 0.15) is 5.82 Å². The van der Waals surface area contributed by atoms with Gasteiger partial charge in [-0.2, -0.15) is 0 Å². The van der Waals surface area contributed by atoms with E-state index in [1.54, 1.807) is 23.1 Å². The summed E-state index contributed by atoms with van der Waals surface area (Å²) in [5, 5.41) is 9.61. The minimum absolute atomic E-state index is 0.197. The molecule has 1 fully saturated rings. The molecule has 1 aliphatic rings. The van der Waals surface area contributed by atoms with Crippen LogP contribution in [0.15, 0.2) is 53.0 Å². The fourth-order valence-electron chi connectivity index (χ4n) is 2.82. The van der Waals surface area contributed by atoms with Crippen molar-refractivity contribution in [2.75, 3.05) is 36.0 Å². The summed E-state index contributed by atoms with van der Waals surface area (Å²) in [7, 11) is 0. The Bertz CT molecular complexity index is 832. The largest absolute Gasteiger partial charge is 0.368 e. The van der Waals surface area contributed by atoms with Gasteiger partial charge in [-0.1, -0.05) is 29.2 Å². The molecule has 0 unspecified atom stereocenters. The first-order chi connectivity index (χ1) is 12.8. The van der Waals surface area contributed by atoms with Crippen LogP contribution < -0.4 is 9.80 Å². The van der Waals surface area contributed by atoms with E-state index in [-0.39, 0.29) is 5.82 Å². The molecule has 2 aromatic heterocycles. The van der Waals surface area contributed by atoms with Gasteiger partial charge in [-0.25, -0.2) is 4.39 Å². The number of rotatable bonds is 5. The van der Waals surface area contributed by atoms with E-state index in [0.717, 1.165) is 52.8 Å². The highest BCUT2D eigenvalue weighted by Gasteiger charge is 2.20. The number of benzene rings is 1. The second kappa shape index (κ2) is 8.01. The molecule has 0 saturated carbocycles. The molecule has 3 heterocycles. The molecule has 0 aliphatic carbocycles. The molecule has 0 amide bonds. The molecule has 1 aliphatic heterocycles. The molecule has 0 spiro atoms. The Morgan fingerprint density at radius 3 is 2.46 bits per heavy atom. The second-order valence-corrected chi connectivity index (χ2v) is 8.09. The number of piperazine rings is 1. The van der Waals surface area contributed by atoms with E-state index in [1.165, 1.54) is 12.1 Å². The monoisotopic (exact) mass is 387 g/mol. The van der Waals surface area contributed by atoms with Crippen LogP contribution in [0.5, 0.6) is 0 Å². The lowest BCUT2D eigenvalue weighted by molar-refractivity contribution is 0.624. The van der Waals surface area contributed by atoms with Gasteiger partial charge in [0.2, 0.25) is 5.13 Å². The minimum Gasteiger partial charge on any atom is -0.368 e. The maximum absolute atomic E-state index is 13.1. The Balaban J connectivity index is 1.32. The molecule has 134 valence electrons. The third-order valence-corrected chi connectivity index (χ3v) is 6.36. The van der Waals surface area contributed by atoms with Crippen LogP contribution in [0.3, 0.4) is 0 Å². The number of thioether (sulfide) groups is 1. The average Bonchev–Trinajstić information content (AvgIpc) is 3.17. The van der Waals surface area contributed by atoms with Crippen LogP contribution in [-0.2, 0) is 5.75 Å². The summed E-state index contributed by atoms with van der Waals surface area (Å²) in [6.07, 6.45) is 1.81. The molecule has 5 nitrogen and oxygen atoms in total. The Hall–Kier alpha value is -2.19. The van der Waals surface area contributed by atoms with Gasteiger partial charge in [-0.15, -0.1) is 10.2 Å². The smallest absolute Gasteiger partial charge is 0.209 e. The molecule has 0 bridgehead atoms. The van der Waals surface area contributed by atoms with Crippen LogP contribution in [0.4, 0.5) is 15.2 Å². The summed E-state index contributed by atoms with van der Waals surface area (Å²) in [6, 6.07) is 12.6. The summed E-state index contributed by atoms with van der Waals surface area (Å²) in [4.78, 5) is 8.87. The van der Waals surface area contributed by atoms with Crippen molar-refractivity contribution in [3.8, 4) is 0 Å². The van der Waals surface area contributed by atoms with Crippen molar-refractivity contribution in [2.24, 2.45) is 0 Å². The number of hydrogen-bond donors (Lipinski definition) is 0. The maximum atomic E-state index is 13.1. The number of anilines is 2. The van der Waals surface area contributed by atoms with Gasteiger partial charge in [-0.3, -0.25) is 4.98 Å². The van der Waals surface area contributed by atoms with Crippen LogP contribution in [0.2, 0.25) is 0 Å². The van der Waals surface area contributed by atoms with Crippen LogP contribution in [0.25, 0.3) is 0 Å². The van der Waals surface area contributed by atoms with Crippen LogP contribution >= 0.6 is 23.1 Å². The first-order valence-corrected chi connectivity index (χ1v) is 10.2. The normalized spacial score (nSPS) is 14.7. The Morgan fingerprint density at radius 1 is 0.962 bits per heavy atom. The third kappa shape index (κ3) is 4.13. The summed E-state index contributed by atoms with van der Waals surface area (Å²) in [5.74, 6) is 0.602. The highest BCUT2D eigenvalue weighted by Crippen LogP contribution is 2.30. The predicted octanol–water partition coefficient (Wildman–Crippen LogP) is 3.69. The zero-order chi connectivity index (χ0) is 17.8. The summed E-state index contributed by atoms with van der Waals surface area (Å²) >= 11 is 3.30. The standard InChI is InChI=1S/C18H18FN5S2/c19-14-4-6-16(7-5-14)23-9-11-24(12-10-23)17-21-22-18(26-17)25-13-15-3-1-2-8-20-15/h1-8H,9-13H2. The highest BCUT2D eigenvalue weighted by molar-refractivity contribution is 8.00. The van der Waals surface area contributed by atoms with Crippen molar-refractivity contribution in [3.05, 3.63) is 60.2 Å². The summed E-state index contributed by atoms with van der Waals surface area (Å²) < 4.78 is 14.0. The van der Waals surface area contributed by atoms with Crippen molar-refractivity contribution in [1.29, 1.82) is 0 Å². The second-order valence-electron chi connectivity index (χ2n) is 5.91. The molecule has 0 atom stereocenters. The van der Waals surface area contributed by atoms with Crippen LogP contribution in [-0.4, -0.2) is 41.4 Å². The zero-order valence-electron chi connectivity index (χ0n) is 14.1. The predicted molar refractivity (Wildman–Crippen MR) is 105 cm³/mol. The maximum Gasteiger partial charge on any atom is 0.209 e. The quantitative estimate of drug-likeness (QED) is 0.622. The number of pyridine rings is 1. The molecule has 0 radical (unpaired) electrons. The first kappa shape index (κ1) is 17.2. The van der Waals surface area contributed by atoms with E-state index >= 15 is 0 Å². The van der Waals surface area contributed by atoms with E-state index in [9.17, 15) is 4.39 Å². The van der Waals surface area contributed by atoms with Gasteiger partial charge in [0, 0.05) is 43.8 Å². The molecule has 26 heavy (non-hydrogen) atoms. The van der Waals surface area contributed by atoms with E-state index < -0.39 is 0 Å². The minimum atomic E-state index is -0.197.